The third-order valence-electron chi connectivity index (χ3n) is 2.85. The lowest BCUT2D eigenvalue weighted by Crippen LogP contribution is -2.28. The number of rotatable bonds is 8. The predicted octanol–water partition coefficient (Wildman–Crippen LogP) is 3.29. The molecule has 0 spiro atoms. The Morgan fingerprint density at radius 1 is 1.40 bits per heavy atom. The molecule has 0 saturated carbocycles. The second kappa shape index (κ2) is 7.67. The number of hydrogen-bond acceptors (Lipinski definition) is 5. The summed E-state index contributed by atoms with van der Waals surface area (Å²) in [5, 5.41) is 14.2. The van der Waals surface area contributed by atoms with Crippen molar-refractivity contribution in [2.75, 3.05) is 29.9 Å². The Kier molecular flexibility index (Phi) is 6.21. The lowest BCUT2D eigenvalue weighted by atomic mass is 10.2. The summed E-state index contributed by atoms with van der Waals surface area (Å²) in [6, 6.07) is 3.03. The molecule has 0 aromatic carbocycles. The summed E-state index contributed by atoms with van der Waals surface area (Å²) < 4.78 is 0. The second-order valence-electron chi connectivity index (χ2n) is 5.19. The SMILES string of the molecule is CCCNc1cc([N+](=O)[O-])cc(N(CC)CC(C)C)n1. The number of nitrogens with zero attached hydrogens (tertiary/aromatic N) is 3. The first-order chi connectivity index (χ1) is 9.47. The molecule has 0 aliphatic carbocycles. The van der Waals surface area contributed by atoms with Gasteiger partial charge in [-0.1, -0.05) is 20.8 Å². The number of hydrogen-bond donors (Lipinski definition) is 1. The topological polar surface area (TPSA) is 71.3 Å². The molecule has 0 atom stereocenters. The standard InChI is InChI=1S/C14H24N4O2/c1-5-7-15-13-8-12(18(19)20)9-14(16-13)17(6-2)10-11(3)4/h8-9,11H,5-7,10H2,1-4H3,(H,15,16). The Morgan fingerprint density at radius 3 is 2.60 bits per heavy atom. The lowest BCUT2D eigenvalue weighted by Gasteiger charge is -2.24. The molecule has 0 saturated heterocycles. The number of nitrogens with one attached hydrogen (secondary N) is 1. The Bertz CT molecular complexity index is 449. The Labute approximate surface area is 120 Å². The summed E-state index contributed by atoms with van der Waals surface area (Å²) in [7, 11) is 0. The van der Waals surface area contributed by atoms with Crippen LogP contribution in [0.2, 0.25) is 0 Å². The molecule has 1 rings (SSSR count). The minimum absolute atomic E-state index is 0.0795. The molecule has 1 aromatic heterocycles. The van der Waals surface area contributed by atoms with E-state index in [4.69, 9.17) is 0 Å². The summed E-state index contributed by atoms with van der Waals surface area (Å²) in [5.41, 5.74) is 0.0795. The normalized spacial score (nSPS) is 10.7. The largest absolute Gasteiger partial charge is 0.370 e. The van der Waals surface area contributed by atoms with Crippen molar-refractivity contribution in [3.63, 3.8) is 0 Å². The van der Waals surface area contributed by atoms with Gasteiger partial charge in [0, 0.05) is 19.6 Å². The first-order valence-electron chi connectivity index (χ1n) is 7.13. The van der Waals surface area contributed by atoms with Gasteiger partial charge in [0.1, 0.15) is 11.6 Å². The van der Waals surface area contributed by atoms with Crippen LogP contribution < -0.4 is 10.2 Å². The molecule has 20 heavy (non-hydrogen) atoms. The van der Waals surface area contributed by atoms with Gasteiger partial charge in [0.2, 0.25) is 0 Å². The fourth-order valence-corrected chi connectivity index (χ4v) is 1.94. The van der Waals surface area contributed by atoms with Gasteiger partial charge < -0.3 is 10.2 Å². The Balaban J connectivity index is 3.08. The fraction of sp³-hybridized carbons (Fsp3) is 0.643. The van der Waals surface area contributed by atoms with Crippen LogP contribution in [-0.4, -0.2) is 29.5 Å². The summed E-state index contributed by atoms with van der Waals surface area (Å²) in [6.07, 6.45) is 0.948. The zero-order valence-corrected chi connectivity index (χ0v) is 12.7. The summed E-state index contributed by atoms with van der Waals surface area (Å²) >= 11 is 0. The van der Waals surface area contributed by atoms with E-state index >= 15 is 0 Å². The van der Waals surface area contributed by atoms with Crippen LogP contribution in [0.5, 0.6) is 0 Å². The minimum atomic E-state index is -0.370. The van der Waals surface area contributed by atoms with Gasteiger partial charge in [-0.15, -0.1) is 0 Å². The van der Waals surface area contributed by atoms with Gasteiger partial charge >= 0.3 is 0 Å². The number of anilines is 2. The van der Waals surface area contributed by atoms with E-state index < -0.39 is 0 Å². The molecule has 0 fully saturated rings. The molecular weight excluding hydrogens is 256 g/mol. The van der Waals surface area contributed by atoms with E-state index in [-0.39, 0.29) is 10.6 Å². The highest BCUT2D eigenvalue weighted by molar-refractivity contribution is 5.55. The molecule has 6 heteroatoms. The van der Waals surface area contributed by atoms with Crippen molar-refractivity contribution in [1.82, 2.24) is 4.98 Å². The predicted molar refractivity (Wildman–Crippen MR) is 82.4 cm³/mol. The Morgan fingerprint density at radius 2 is 2.10 bits per heavy atom. The van der Waals surface area contributed by atoms with Gasteiger partial charge in [-0.25, -0.2) is 4.98 Å². The van der Waals surface area contributed by atoms with Crippen molar-refractivity contribution in [3.05, 3.63) is 22.2 Å². The highest BCUT2D eigenvalue weighted by Crippen LogP contribution is 2.24. The molecule has 0 aliphatic heterocycles. The van der Waals surface area contributed by atoms with E-state index in [9.17, 15) is 10.1 Å². The van der Waals surface area contributed by atoms with Gasteiger partial charge in [-0.2, -0.15) is 0 Å². The van der Waals surface area contributed by atoms with Crippen LogP contribution in [0.25, 0.3) is 0 Å². The van der Waals surface area contributed by atoms with E-state index in [0.717, 1.165) is 26.1 Å². The van der Waals surface area contributed by atoms with Crippen LogP contribution >= 0.6 is 0 Å². The van der Waals surface area contributed by atoms with Crippen molar-refractivity contribution >= 4 is 17.3 Å². The number of aromatic nitrogens is 1. The van der Waals surface area contributed by atoms with E-state index in [2.05, 4.69) is 29.0 Å². The molecule has 0 unspecified atom stereocenters. The molecular formula is C14H24N4O2. The zero-order valence-electron chi connectivity index (χ0n) is 12.7. The smallest absolute Gasteiger partial charge is 0.276 e. The van der Waals surface area contributed by atoms with Crippen LogP contribution in [0, 0.1) is 16.0 Å². The van der Waals surface area contributed by atoms with E-state index in [1.165, 1.54) is 6.07 Å². The number of pyridine rings is 1. The maximum atomic E-state index is 11.0. The van der Waals surface area contributed by atoms with Gasteiger partial charge in [-0.3, -0.25) is 10.1 Å². The third kappa shape index (κ3) is 4.68. The van der Waals surface area contributed by atoms with Crippen molar-refractivity contribution in [2.45, 2.75) is 34.1 Å². The molecule has 1 aromatic rings. The zero-order chi connectivity index (χ0) is 15.1. The maximum absolute atomic E-state index is 11.0. The first kappa shape index (κ1) is 16.2. The second-order valence-corrected chi connectivity index (χ2v) is 5.19. The molecule has 0 radical (unpaired) electrons. The highest BCUT2D eigenvalue weighted by atomic mass is 16.6. The van der Waals surface area contributed by atoms with Crippen molar-refractivity contribution < 1.29 is 4.92 Å². The molecule has 0 bridgehead atoms. The molecule has 6 nitrogen and oxygen atoms in total. The fourth-order valence-electron chi connectivity index (χ4n) is 1.94. The average Bonchev–Trinajstić information content (AvgIpc) is 2.41. The summed E-state index contributed by atoms with van der Waals surface area (Å²) in [4.78, 5) is 17.2. The maximum Gasteiger partial charge on any atom is 0.276 e. The van der Waals surface area contributed by atoms with Crippen LogP contribution in [-0.2, 0) is 0 Å². The quantitative estimate of drug-likeness (QED) is 0.584. The monoisotopic (exact) mass is 280 g/mol. The van der Waals surface area contributed by atoms with Crippen molar-refractivity contribution in [2.24, 2.45) is 5.92 Å². The molecule has 1 heterocycles. The van der Waals surface area contributed by atoms with Gasteiger partial charge in [0.15, 0.2) is 0 Å². The van der Waals surface area contributed by atoms with Gasteiger partial charge in [0.05, 0.1) is 17.1 Å². The van der Waals surface area contributed by atoms with Crippen LogP contribution in [0.15, 0.2) is 12.1 Å². The van der Waals surface area contributed by atoms with Gasteiger partial charge in [-0.05, 0) is 19.3 Å². The Hall–Kier alpha value is -1.85. The molecule has 1 N–H and O–H groups in total. The van der Waals surface area contributed by atoms with Crippen molar-refractivity contribution in [3.8, 4) is 0 Å². The van der Waals surface area contributed by atoms with Crippen molar-refractivity contribution in [1.29, 1.82) is 0 Å². The van der Waals surface area contributed by atoms with E-state index in [1.54, 1.807) is 6.07 Å². The summed E-state index contributed by atoms with van der Waals surface area (Å²) in [5.74, 6) is 1.70. The lowest BCUT2D eigenvalue weighted by molar-refractivity contribution is -0.384. The van der Waals surface area contributed by atoms with E-state index in [1.807, 2.05) is 13.8 Å². The van der Waals surface area contributed by atoms with Crippen LogP contribution in [0.1, 0.15) is 34.1 Å². The molecule has 0 aliphatic rings. The first-order valence-corrected chi connectivity index (χ1v) is 7.13. The molecule has 112 valence electrons. The minimum Gasteiger partial charge on any atom is -0.370 e. The van der Waals surface area contributed by atoms with Crippen LogP contribution in [0.3, 0.4) is 0 Å². The highest BCUT2D eigenvalue weighted by Gasteiger charge is 2.15. The number of nitro groups is 1. The molecule has 0 amide bonds. The summed E-state index contributed by atoms with van der Waals surface area (Å²) in [6.45, 7) is 10.7. The van der Waals surface area contributed by atoms with Gasteiger partial charge in [0.25, 0.3) is 5.69 Å². The third-order valence-corrected chi connectivity index (χ3v) is 2.85. The van der Waals surface area contributed by atoms with E-state index in [0.29, 0.717) is 17.6 Å². The van der Waals surface area contributed by atoms with Crippen LogP contribution in [0.4, 0.5) is 17.3 Å². The average molecular weight is 280 g/mol.